The van der Waals surface area contributed by atoms with E-state index >= 15 is 0 Å². The minimum absolute atomic E-state index is 0.361. The van der Waals surface area contributed by atoms with Crippen molar-refractivity contribution in [2.75, 3.05) is 0 Å². The van der Waals surface area contributed by atoms with E-state index in [1.165, 1.54) is 12.1 Å². The smallest absolute Gasteiger partial charge is 0.123 e. The van der Waals surface area contributed by atoms with Gasteiger partial charge in [0.15, 0.2) is 0 Å². The summed E-state index contributed by atoms with van der Waals surface area (Å²) >= 11 is 11.6. The summed E-state index contributed by atoms with van der Waals surface area (Å²) in [7, 11) is 0. The van der Waals surface area contributed by atoms with E-state index in [0.29, 0.717) is 21.2 Å². The van der Waals surface area contributed by atoms with Crippen molar-refractivity contribution in [3.8, 4) is 0 Å². The number of aliphatic hydroxyl groups excluding tert-OH is 1. The lowest BCUT2D eigenvalue weighted by Crippen LogP contribution is -1.99. The molecule has 2 aromatic rings. The molecule has 0 aliphatic rings. The highest BCUT2D eigenvalue weighted by Gasteiger charge is 2.12. The summed E-state index contributed by atoms with van der Waals surface area (Å²) in [5.74, 6) is -0.387. The van der Waals surface area contributed by atoms with Crippen LogP contribution in [0.2, 0.25) is 10.0 Å². The molecule has 0 fully saturated rings. The van der Waals surface area contributed by atoms with Crippen molar-refractivity contribution in [3.63, 3.8) is 0 Å². The molecule has 0 heterocycles. The molecular weight excluding hydrogens is 262 g/mol. The lowest BCUT2D eigenvalue weighted by Gasteiger charge is -2.12. The van der Waals surface area contributed by atoms with Gasteiger partial charge in [-0.2, -0.15) is 0 Å². The van der Waals surface area contributed by atoms with Gasteiger partial charge in [0, 0.05) is 0 Å². The van der Waals surface area contributed by atoms with Gasteiger partial charge in [0.1, 0.15) is 11.9 Å². The predicted molar refractivity (Wildman–Crippen MR) is 66.9 cm³/mol. The summed E-state index contributed by atoms with van der Waals surface area (Å²) in [4.78, 5) is 0. The molecule has 1 atom stereocenters. The van der Waals surface area contributed by atoms with Crippen LogP contribution in [0.3, 0.4) is 0 Å². The molecule has 88 valence electrons. The van der Waals surface area contributed by atoms with Crippen LogP contribution in [0.4, 0.5) is 4.39 Å². The molecule has 1 unspecified atom stereocenters. The van der Waals surface area contributed by atoms with E-state index in [1.807, 2.05) is 0 Å². The minimum Gasteiger partial charge on any atom is -0.384 e. The number of hydrogen-bond donors (Lipinski definition) is 1. The first kappa shape index (κ1) is 12.4. The molecule has 4 heteroatoms. The number of hydrogen-bond acceptors (Lipinski definition) is 1. The Morgan fingerprint density at radius 3 is 2.29 bits per heavy atom. The van der Waals surface area contributed by atoms with E-state index < -0.39 is 6.10 Å². The number of rotatable bonds is 2. The van der Waals surface area contributed by atoms with Gasteiger partial charge in [-0.3, -0.25) is 0 Å². The molecule has 1 N–H and O–H groups in total. The Hall–Kier alpha value is -1.09. The lowest BCUT2D eigenvalue weighted by molar-refractivity contribution is 0.220. The minimum atomic E-state index is -0.916. The summed E-state index contributed by atoms with van der Waals surface area (Å²) < 4.78 is 13.0. The van der Waals surface area contributed by atoms with E-state index in [1.54, 1.807) is 30.3 Å². The quantitative estimate of drug-likeness (QED) is 0.867. The molecule has 0 aliphatic heterocycles. The van der Waals surface area contributed by atoms with Crippen LogP contribution >= 0.6 is 23.2 Å². The Bertz CT molecular complexity index is 543. The average molecular weight is 271 g/mol. The standard InChI is InChI=1S/C13H9Cl2FO/c14-11-5-4-9(7-12(11)15)13(17)8-2-1-3-10(16)6-8/h1-7,13,17H. The lowest BCUT2D eigenvalue weighted by atomic mass is 10.0. The van der Waals surface area contributed by atoms with Gasteiger partial charge in [-0.15, -0.1) is 0 Å². The molecule has 0 saturated heterocycles. The van der Waals surface area contributed by atoms with Crippen molar-refractivity contribution in [1.82, 2.24) is 0 Å². The molecule has 0 aliphatic carbocycles. The summed E-state index contributed by atoms with van der Waals surface area (Å²) in [6.07, 6.45) is -0.916. The zero-order valence-corrected chi connectivity index (χ0v) is 10.2. The van der Waals surface area contributed by atoms with Gasteiger partial charge in [0.05, 0.1) is 10.0 Å². The average Bonchev–Trinajstić information content (AvgIpc) is 2.32. The molecule has 17 heavy (non-hydrogen) atoms. The van der Waals surface area contributed by atoms with Crippen LogP contribution in [-0.2, 0) is 0 Å². The van der Waals surface area contributed by atoms with Gasteiger partial charge >= 0.3 is 0 Å². The molecule has 0 aromatic heterocycles. The predicted octanol–water partition coefficient (Wildman–Crippen LogP) is 4.21. The first-order valence-electron chi connectivity index (χ1n) is 4.96. The highest BCUT2D eigenvalue weighted by atomic mass is 35.5. The number of benzene rings is 2. The molecule has 0 amide bonds. The summed E-state index contributed by atoms with van der Waals surface area (Å²) in [5, 5.41) is 10.8. The van der Waals surface area contributed by atoms with Crippen LogP contribution in [0.5, 0.6) is 0 Å². The van der Waals surface area contributed by atoms with Gasteiger partial charge in [-0.05, 0) is 35.4 Å². The molecular formula is C13H9Cl2FO. The third kappa shape index (κ3) is 2.78. The topological polar surface area (TPSA) is 20.2 Å². The third-order valence-corrected chi connectivity index (χ3v) is 3.16. The molecule has 0 bridgehead atoms. The Kier molecular flexibility index (Phi) is 3.67. The molecule has 0 spiro atoms. The van der Waals surface area contributed by atoms with Gasteiger partial charge in [0.2, 0.25) is 0 Å². The highest BCUT2D eigenvalue weighted by Crippen LogP contribution is 2.28. The van der Waals surface area contributed by atoms with Crippen molar-refractivity contribution in [2.45, 2.75) is 6.10 Å². The van der Waals surface area contributed by atoms with E-state index in [9.17, 15) is 9.50 Å². The van der Waals surface area contributed by atoms with Gasteiger partial charge in [-0.25, -0.2) is 4.39 Å². The first-order chi connectivity index (χ1) is 8.08. The van der Waals surface area contributed by atoms with Crippen molar-refractivity contribution in [2.24, 2.45) is 0 Å². The Balaban J connectivity index is 2.36. The molecule has 2 rings (SSSR count). The van der Waals surface area contributed by atoms with Gasteiger partial charge < -0.3 is 5.11 Å². The summed E-state index contributed by atoms with van der Waals surface area (Å²) in [5.41, 5.74) is 1.05. The van der Waals surface area contributed by atoms with Crippen LogP contribution in [0.25, 0.3) is 0 Å². The number of halogens is 3. The van der Waals surface area contributed by atoms with Gasteiger partial charge in [0.25, 0.3) is 0 Å². The van der Waals surface area contributed by atoms with Crippen molar-refractivity contribution in [1.29, 1.82) is 0 Å². The second-order valence-corrected chi connectivity index (χ2v) is 4.45. The van der Waals surface area contributed by atoms with Crippen LogP contribution in [0.1, 0.15) is 17.2 Å². The Labute approximate surface area is 108 Å². The second-order valence-electron chi connectivity index (χ2n) is 3.63. The van der Waals surface area contributed by atoms with Crippen LogP contribution < -0.4 is 0 Å². The monoisotopic (exact) mass is 270 g/mol. The van der Waals surface area contributed by atoms with E-state index in [4.69, 9.17) is 23.2 Å². The highest BCUT2D eigenvalue weighted by molar-refractivity contribution is 6.42. The molecule has 1 nitrogen and oxygen atoms in total. The molecule has 0 radical (unpaired) electrons. The normalized spacial score (nSPS) is 12.5. The van der Waals surface area contributed by atoms with Gasteiger partial charge in [-0.1, -0.05) is 41.4 Å². The maximum absolute atomic E-state index is 13.0. The van der Waals surface area contributed by atoms with E-state index in [2.05, 4.69) is 0 Å². The zero-order chi connectivity index (χ0) is 12.4. The molecule has 0 saturated carbocycles. The van der Waals surface area contributed by atoms with E-state index in [-0.39, 0.29) is 5.82 Å². The SMILES string of the molecule is OC(c1cccc(F)c1)c1ccc(Cl)c(Cl)c1. The van der Waals surface area contributed by atoms with Crippen LogP contribution in [0.15, 0.2) is 42.5 Å². The Morgan fingerprint density at radius 2 is 1.65 bits per heavy atom. The fourth-order valence-corrected chi connectivity index (χ4v) is 1.86. The Morgan fingerprint density at radius 1 is 0.941 bits per heavy atom. The summed E-state index contributed by atoms with van der Waals surface area (Å²) in [6.45, 7) is 0. The third-order valence-electron chi connectivity index (χ3n) is 2.42. The van der Waals surface area contributed by atoms with Crippen molar-refractivity contribution >= 4 is 23.2 Å². The first-order valence-corrected chi connectivity index (χ1v) is 5.72. The fraction of sp³-hybridized carbons (Fsp3) is 0.0769. The zero-order valence-electron chi connectivity index (χ0n) is 8.70. The van der Waals surface area contributed by atoms with Crippen molar-refractivity contribution < 1.29 is 9.50 Å². The molecule has 2 aromatic carbocycles. The summed E-state index contributed by atoms with van der Waals surface area (Å²) in [6, 6.07) is 10.6. The largest absolute Gasteiger partial charge is 0.384 e. The second kappa shape index (κ2) is 5.05. The maximum Gasteiger partial charge on any atom is 0.123 e. The van der Waals surface area contributed by atoms with Crippen LogP contribution in [0, 0.1) is 5.82 Å². The van der Waals surface area contributed by atoms with Crippen molar-refractivity contribution in [3.05, 3.63) is 69.5 Å². The van der Waals surface area contributed by atoms with Crippen LogP contribution in [-0.4, -0.2) is 5.11 Å². The maximum atomic E-state index is 13.0. The fourth-order valence-electron chi connectivity index (χ4n) is 1.55. The van der Waals surface area contributed by atoms with E-state index in [0.717, 1.165) is 0 Å². The number of aliphatic hydroxyl groups is 1.